The number of nitrogens with one attached hydrogen (secondary N) is 3. The number of sulfonamides is 1. The molecule has 6 heterocycles. The third-order valence-electron chi connectivity index (χ3n) is 14.0. The maximum absolute atomic E-state index is 14.5. The lowest BCUT2D eigenvalue weighted by Gasteiger charge is -2.39. The molecule has 0 radical (unpaired) electrons. The third kappa shape index (κ3) is 9.38. The number of allylic oxidation sites excluding steroid dienone is 1. The molecule has 3 aromatic carbocycles. The van der Waals surface area contributed by atoms with Crippen LogP contribution in [0, 0.1) is 21.4 Å². The van der Waals surface area contributed by atoms with Gasteiger partial charge in [0.1, 0.15) is 17.9 Å². The number of H-pyrrole nitrogens is 1. The predicted molar refractivity (Wildman–Crippen MR) is 259 cm³/mol. The minimum atomic E-state index is -4.66. The zero-order valence-corrected chi connectivity index (χ0v) is 39.3. The summed E-state index contributed by atoms with van der Waals surface area (Å²) >= 11 is 6.28. The molecule has 18 heteroatoms. The van der Waals surface area contributed by atoms with Gasteiger partial charge in [0.05, 0.1) is 33.7 Å². The molecule has 0 saturated carbocycles. The third-order valence-corrected chi connectivity index (χ3v) is 15.5. The van der Waals surface area contributed by atoms with Crippen LogP contribution in [0.5, 0.6) is 11.6 Å². The highest BCUT2D eigenvalue weighted by Crippen LogP contribution is 2.45. The quantitative estimate of drug-likeness (QED) is 0.0895. The highest BCUT2D eigenvalue weighted by Gasteiger charge is 2.36. The molecule has 352 valence electrons. The molecular weight excluding hydrogens is 896 g/mol. The number of benzene rings is 3. The number of anilines is 4. The molecule has 2 fully saturated rings. The molecule has 1 atom stereocenters. The number of pyridine rings is 1. The maximum atomic E-state index is 14.5. The van der Waals surface area contributed by atoms with E-state index in [1.807, 2.05) is 41.3 Å². The lowest BCUT2D eigenvalue weighted by molar-refractivity contribution is -0.384. The van der Waals surface area contributed by atoms with Gasteiger partial charge in [-0.1, -0.05) is 43.2 Å². The van der Waals surface area contributed by atoms with Gasteiger partial charge in [-0.3, -0.25) is 19.8 Å². The molecule has 3 N–H and O–H groups in total. The summed E-state index contributed by atoms with van der Waals surface area (Å²) in [5.41, 5.74) is 6.74. The summed E-state index contributed by atoms with van der Waals surface area (Å²) in [5.74, 6) is -0.304. The number of hydrogen-bond donors (Lipinski definition) is 3. The van der Waals surface area contributed by atoms with Crippen molar-refractivity contribution in [2.75, 3.05) is 80.8 Å². The number of ether oxygens (including phenoxy) is 3. The number of rotatable bonds is 10. The van der Waals surface area contributed by atoms with E-state index < -0.39 is 31.4 Å². The second-order valence-electron chi connectivity index (χ2n) is 19.0. The summed E-state index contributed by atoms with van der Waals surface area (Å²) < 4.78 is 48.2. The van der Waals surface area contributed by atoms with Crippen LogP contribution in [0.4, 0.5) is 28.4 Å². The zero-order valence-electron chi connectivity index (χ0n) is 37.7. The molecule has 5 aliphatic rings. The zero-order chi connectivity index (χ0) is 46.5. The number of nitro groups is 1. The largest absolute Gasteiger partial charge is 0.489 e. The molecule has 0 spiro atoms. The van der Waals surface area contributed by atoms with Crippen molar-refractivity contribution >= 4 is 72.6 Å². The van der Waals surface area contributed by atoms with E-state index in [0.29, 0.717) is 55.7 Å². The van der Waals surface area contributed by atoms with Crippen LogP contribution in [0.25, 0.3) is 16.6 Å². The summed E-state index contributed by atoms with van der Waals surface area (Å²) in [4.78, 5) is 40.5. The Hall–Kier alpha value is -5.88. The summed E-state index contributed by atoms with van der Waals surface area (Å²) in [5, 5.41) is 17.3. The number of aromatic nitrogens is 2. The van der Waals surface area contributed by atoms with Crippen LogP contribution >= 0.6 is 11.6 Å². The Labute approximate surface area is 394 Å². The van der Waals surface area contributed by atoms with Crippen LogP contribution < -0.4 is 29.3 Å². The summed E-state index contributed by atoms with van der Waals surface area (Å²) in [6, 6.07) is 19.5. The van der Waals surface area contributed by atoms with Gasteiger partial charge in [-0.15, -0.1) is 0 Å². The summed E-state index contributed by atoms with van der Waals surface area (Å²) in [7, 11) is -4.66. The monoisotopic (exact) mass is 950 g/mol. The van der Waals surface area contributed by atoms with E-state index in [2.05, 4.69) is 50.8 Å². The van der Waals surface area contributed by atoms with Crippen molar-refractivity contribution in [3.8, 4) is 11.6 Å². The molecular formula is C49H55ClN8O8S. The highest BCUT2D eigenvalue weighted by molar-refractivity contribution is 7.90. The SMILES string of the molecule is CC1(C)CCC(CN2CCN(c3ccc(C(=O)NS(=O)(=O)c4cc5c(c([N+](=O)[O-])c4)N[C@@H](C4CCOCC4)CO5)c(N4CCCOc5nc6[nH]ccc6cc54)c3)CC2)=C(c2ccc(Cl)cc2)C1. The van der Waals surface area contributed by atoms with Gasteiger partial charge in [-0.2, -0.15) is 4.98 Å². The minimum Gasteiger partial charge on any atom is -0.489 e. The fourth-order valence-electron chi connectivity index (χ4n) is 10.2. The number of halogens is 1. The van der Waals surface area contributed by atoms with Crippen molar-refractivity contribution < 1.29 is 32.3 Å². The van der Waals surface area contributed by atoms with Gasteiger partial charge in [-0.25, -0.2) is 13.1 Å². The van der Waals surface area contributed by atoms with Crippen LogP contribution in [0.1, 0.15) is 68.3 Å². The van der Waals surface area contributed by atoms with Gasteiger partial charge in [0.15, 0.2) is 11.4 Å². The number of fused-ring (bicyclic) bond motifs is 3. The molecule has 5 aromatic rings. The second kappa shape index (κ2) is 18.3. The molecule has 0 bridgehead atoms. The molecule has 16 nitrogen and oxygen atoms in total. The Bertz CT molecular complexity index is 2860. The average Bonchev–Trinajstić information content (AvgIpc) is 3.69. The predicted octanol–water partition coefficient (Wildman–Crippen LogP) is 8.55. The maximum Gasteiger partial charge on any atom is 0.297 e. The van der Waals surface area contributed by atoms with Crippen LogP contribution in [0.2, 0.25) is 5.02 Å². The van der Waals surface area contributed by atoms with Crippen molar-refractivity contribution in [3.05, 3.63) is 105 Å². The molecule has 0 unspecified atom stereocenters. The Balaban J connectivity index is 0.936. The highest BCUT2D eigenvalue weighted by atomic mass is 35.5. The number of piperazine rings is 1. The fourth-order valence-corrected chi connectivity index (χ4v) is 11.3. The number of nitrogens with zero attached hydrogens (tertiary/aromatic N) is 5. The van der Waals surface area contributed by atoms with Crippen molar-refractivity contribution in [2.24, 2.45) is 11.3 Å². The van der Waals surface area contributed by atoms with Crippen molar-refractivity contribution in [2.45, 2.75) is 63.3 Å². The Morgan fingerprint density at radius 2 is 1.76 bits per heavy atom. The smallest absolute Gasteiger partial charge is 0.297 e. The standard InChI is InChI=1S/C49H55ClN8O8S/c1-49(2)14-10-34(39(28-49)31-4-6-35(50)7-5-31)29-55-17-19-56(20-18-55)36-8-9-38(41(25-36)57-16-3-21-65-48-43(57)24-33-11-15-51-46(33)53-48)47(59)54-67(62,63)37-26-42(58(60)61)45-44(27-37)66-30-40(52-45)32-12-22-64-23-13-32/h4-9,11,15,24-27,32,40,52H,3,10,12-14,16-23,28-30H2,1-2H3,(H,51,53)(H,54,59)/t40-/m1/s1. The first kappa shape index (κ1) is 44.9. The molecule has 2 aromatic heterocycles. The van der Waals surface area contributed by atoms with E-state index in [1.54, 1.807) is 12.3 Å². The Morgan fingerprint density at radius 1 is 0.970 bits per heavy atom. The molecule has 1 amide bonds. The number of carbonyl (C=O) groups excluding carboxylic acids is 1. The van der Waals surface area contributed by atoms with E-state index in [9.17, 15) is 23.3 Å². The Kier molecular flexibility index (Phi) is 12.3. The van der Waals surface area contributed by atoms with Crippen molar-refractivity contribution in [3.63, 3.8) is 0 Å². The van der Waals surface area contributed by atoms with Crippen molar-refractivity contribution in [1.29, 1.82) is 0 Å². The number of carbonyl (C=O) groups is 1. The van der Waals surface area contributed by atoms with Crippen LogP contribution in [-0.2, 0) is 14.8 Å². The molecule has 10 rings (SSSR count). The number of hydrogen-bond acceptors (Lipinski definition) is 13. The van der Waals surface area contributed by atoms with Gasteiger partial charge in [0.2, 0.25) is 5.88 Å². The second-order valence-corrected chi connectivity index (χ2v) is 21.1. The first-order valence-corrected chi connectivity index (χ1v) is 25.0. The molecule has 67 heavy (non-hydrogen) atoms. The summed E-state index contributed by atoms with van der Waals surface area (Å²) in [6.07, 6.45) is 7.14. The van der Waals surface area contributed by atoms with Crippen LogP contribution in [-0.4, -0.2) is 106 Å². The fraction of sp³-hybridized carbons (Fsp3) is 0.429. The van der Waals surface area contributed by atoms with Crippen LogP contribution in [0.15, 0.2) is 83.4 Å². The lowest BCUT2D eigenvalue weighted by Crippen LogP contribution is -2.47. The first-order valence-electron chi connectivity index (χ1n) is 23.1. The number of amides is 1. The number of nitro benzene ring substituents is 1. The van der Waals surface area contributed by atoms with E-state index in [4.69, 9.17) is 30.8 Å². The van der Waals surface area contributed by atoms with E-state index in [-0.39, 0.29) is 41.0 Å². The van der Waals surface area contributed by atoms with E-state index in [1.165, 1.54) is 22.8 Å². The molecule has 2 saturated heterocycles. The topological polar surface area (TPSA) is 184 Å². The lowest BCUT2D eigenvalue weighted by atomic mass is 9.72. The van der Waals surface area contributed by atoms with Gasteiger partial charge in [0.25, 0.3) is 21.6 Å². The normalized spacial score (nSPS) is 20.3. The average molecular weight is 952 g/mol. The van der Waals surface area contributed by atoms with Gasteiger partial charge in [0, 0.05) is 86.9 Å². The summed E-state index contributed by atoms with van der Waals surface area (Å²) in [6.45, 7) is 10.9. The van der Waals surface area contributed by atoms with Gasteiger partial charge in [-0.05, 0) is 103 Å². The Morgan fingerprint density at radius 3 is 2.54 bits per heavy atom. The first-order chi connectivity index (χ1) is 32.3. The minimum absolute atomic E-state index is 0.0293. The van der Waals surface area contributed by atoms with Crippen LogP contribution in [0.3, 0.4) is 0 Å². The number of aromatic amines is 1. The van der Waals surface area contributed by atoms with E-state index in [0.717, 1.165) is 87.0 Å². The van der Waals surface area contributed by atoms with E-state index >= 15 is 0 Å². The molecule has 1 aliphatic carbocycles. The van der Waals surface area contributed by atoms with Crippen molar-refractivity contribution in [1.82, 2.24) is 19.6 Å². The van der Waals surface area contributed by atoms with Gasteiger partial charge < -0.3 is 34.3 Å². The van der Waals surface area contributed by atoms with Gasteiger partial charge >= 0.3 is 0 Å². The molecule has 4 aliphatic heterocycles.